The van der Waals surface area contributed by atoms with Crippen LogP contribution in [0.5, 0.6) is 0 Å². The zero-order chi connectivity index (χ0) is 42.4. The summed E-state index contributed by atoms with van der Waals surface area (Å²) in [6, 6.07) is 72.8. The lowest BCUT2D eigenvalue weighted by atomic mass is 9.97. The fourth-order valence-electron chi connectivity index (χ4n) is 10.7. The standard InChI is InChI=1S/C57H38FN5Si/c58-54(38-27-29-43-44-22-10-12-24-48(44)61-35-34-60-57(61)47(43)36-38)39-28-31-51-50(37-39)63(53-26-14-15-33-59-53)56-52(64(51,41-18-6-2-7-19-41)42-20-8-3-9-21-42)32-30-46-45-23-11-13-25-49(45)62(55(46)56)40-16-4-1-5-17-40/h1-37,54H. The Morgan fingerprint density at radius 1 is 0.469 bits per heavy atom. The van der Waals surface area contributed by atoms with Crippen LogP contribution in [0.3, 0.4) is 0 Å². The number of hydrogen-bond donors (Lipinski definition) is 0. The minimum absolute atomic E-state index is 0.572. The number of para-hydroxylation sites is 3. The van der Waals surface area contributed by atoms with Gasteiger partial charge < -0.3 is 4.57 Å². The van der Waals surface area contributed by atoms with Gasteiger partial charge in [0.2, 0.25) is 0 Å². The molecule has 0 spiro atoms. The third-order valence-corrected chi connectivity index (χ3v) is 18.2. The number of hydrogen-bond acceptors (Lipinski definition) is 3. The van der Waals surface area contributed by atoms with Gasteiger partial charge in [-0.25, -0.2) is 14.4 Å². The maximum absolute atomic E-state index is 17.9. The third kappa shape index (κ3) is 5.16. The molecule has 8 aromatic carbocycles. The SMILES string of the molecule is FC(c1ccc2c(c1)N(c1ccccn1)c1c(ccc3c4ccccc4n(-c4ccccc4)c13)[Si]2(c1ccccc1)c1ccccc1)c1ccc2c3ccccc3n3ccnc3c2c1. The Hall–Kier alpha value is -8.13. The summed E-state index contributed by atoms with van der Waals surface area (Å²) in [5, 5.41) is 10.3. The molecular formula is C57H38FN5Si. The number of fused-ring (bicyclic) bond motifs is 12. The van der Waals surface area contributed by atoms with Crippen molar-refractivity contribution in [1.29, 1.82) is 0 Å². The van der Waals surface area contributed by atoms with Crippen LogP contribution in [0.4, 0.5) is 21.6 Å². The van der Waals surface area contributed by atoms with E-state index in [1.165, 1.54) is 20.7 Å². The van der Waals surface area contributed by atoms with Crippen molar-refractivity contribution in [3.63, 3.8) is 0 Å². The van der Waals surface area contributed by atoms with Crippen LogP contribution in [-0.4, -0.2) is 27.0 Å². The third-order valence-electron chi connectivity index (χ3n) is 13.4. The summed E-state index contributed by atoms with van der Waals surface area (Å²) in [6.45, 7) is 0. The molecule has 64 heavy (non-hydrogen) atoms. The highest BCUT2D eigenvalue weighted by atomic mass is 28.3. The first-order valence-electron chi connectivity index (χ1n) is 21.7. The summed E-state index contributed by atoms with van der Waals surface area (Å²) < 4.78 is 22.4. The predicted molar refractivity (Wildman–Crippen MR) is 264 cm³/mol. The first kappa shape index (κ1) is 36.5. The average molecular weight is 840 g/mol. The maximum atomic E-state index is 17.9. The van der Waals surface area contributed by atoms with Crippen molar-refractivity contribution >= 4 is 95.1 Å². The smallest absolute Gasteiger partial charge is 0.184 e. The molecule has 1 aliphatic heterocycles. The largest absolute Gasteiger partial charge is 0.307 e. The highest BCUT2D eigenvalue weighted by Gasteiger charge is 2.50. The Labute approximate surface area is 369 Å². The molecule has 5 heterocycles. The van der Waals surface area contributed by atoms with Crippen LogP contribution < -0.4 is 25.6 Å². The topological polar surface area (TPSA) is 38.4 Å². The number of pyridine rings is 2. The Morgan fingerprint density at radius 2 is 1.08 bits per heavy atom. The fourth-order valence-corrected chi connectivity index (χ4v) is 15.8. The van der Waals surface area contributed by atoms with Gasteiger partial charge in [-0.05, 0) is 85.8 Å². The van der Waals surface area contributed by atoms with Gasteiger partial charge in [-0.3, -0.25) is 9.30 Å². The molecule has 0 radical (unpaired) electrons. The van der Waals surface area contributed by atoms with E-state index < -0.39 is 14.2 Å². The molecule has 0 fully saturated rings. The zero-order valence-corrected chi connectivity index (χ0v) is 35.6. The van der Waals surface area contributed by atoms with Crippen molar-refractivity contribution in [3.8, 4) is 5.69 Å². The summed E-state index contributed by atoms with van der Waals surface area (Å²) in [7, 11) is -3.18. The van der Waals surface area contributed by atoms with Crippen molar-refractivity contribution in [2.75, 3.05) is 4.90 Å². The molecule has 1 unspecified atom stereocenters. The van der Waals surface area contributed by atoms with E-state index in [9.17, 15) is 0 Å². The Morgan fingerprint density at radius 3 is 1.81 bits per heavy atom. The predicted octanol–water partition coefficient (Wildman–Crippen LogP) is 11.4. The second-order valence-corrected chi connectivity index (χ2v) is 20.4. The summed E-state index contributed by atoms with van der Waals surface area (Å²) in [5.74, 6) is 0.762. The molecule has 1 aliphatic rings. The van der Waals surface area contributed by atoms with Gasteiger partial charge in [0.25, 0.3) is 0 Å². The second kappa shape index (κ2) is 14.2. The second-order valence-electron chi connectivity index (χ2n) is 16.6. The van der Waals surface area contributed by atoms with E-state index in [2.05, 4.69) is 184 Å². The van der Waals surface area contributed by atoms with Crippen molar-refractivity contribution in [2.45, 2.75) is 6.17 Å². The van der Waals surface area contributed by atoms with Crippen molar-refractivity contribution in [1.82, 2.24) is 18.9 Å². The lowest BCUT2D eigenvalue weighted by Gasteiger charge is -2.45. The van der Waals surface area contributed by atoms with Crippen LogP contribution >= 0.6 is 0 Å². The Balaban J connectivity index is 1.14. The van der Waals surface area contributed by atoms with Gasteiger partial charge >= 0.3 is 0 Å². The molecule has 302 valence electrons. The minimum Gasteiger partial charge on any atom is -0.307 e. The van der Waals surface area contributed by atoms with Gasteiger partial charge in [0.05, 0.1) is 22.2 Å². The highest BCUT2D eigenvalue weighted by molar-refractivity contribution is 7.21. The van der Waals surface area contributed by atoms with Crippen molar-refractivity contribution < 1.29 is 4.39 Å². The molecular weight excluding hydrogens is 802 g/mol. The van der Waals surface area contributed by atoms with Gasteiger partial charge in [-0.1, -0.05) is 158 Å². The molecule has 1 atom stereocenters. The molecule has 7 heteroatoms. The van der Waals surface area contributed by atoms with Crippen LogP contribution in [0.1, 0.15) is 17.3 Å². The van der Waals surface area contributed by atoms with E-state index in [-0.39, 0.29) is 0 Å². The molecule has 4 aromatic heterocycles. The van der Waals surface area contributed by atoms with Gasteiger partial charge in [-0.2, -0.15) is 0 Å². The summed E-state index contributed by atoms with van der Waals surface area (Å²) in [4.78, 5) is 12.2. The van der Waals surface area contributed by atoms with Crippen LogP contribution in [0.15, 0.2) is 225 Å². The lowest BCUT2D eigenvalue weighted by Crippen LogP contribution is -2.77. The number of aromatic nitrogens is 4. The van der Waals surface area contributed by atoms with Crippen molar-refractivity contribution in [2.24, 2.45) is 0 Å². The maximum Gasteiger partial charge on any atom is 0.184 e. The lowest BCUT2D eigenvalue weighted by molar-refractivity contribution is 0.402. The van der Waals surface area contributed by atoms with E-state index in [0.717, 1.165) is 72.0 Å². The Kier molecular flexibility index (Phi) is 8.10. The quantitative estimate of drug-likeness (QED) is 0.124. The summed E-state index contributed by atoms with van der Waals surface area (Å²) >= 11 is 0. The number of anilines is 3. The molecule has 0 N–H and O–H groups in total. The van der Waals surface area contributed by atoms with Crippen LogP contribution in [0.2, 0.25) is 0 Å². The summed E-state index contributed by atoms with van der Waals surface area (Å²) in [5.41, 5.74) is 8.26. The normalized spacial score (nSPS) is 13.7. The van der Waals surface area contributed by atoms with Gasteiger partial charge in [-0.15, -0.1) is 0 Å². The molecule has 12 aromatic rings. The monoisotopic (exact) mass is 839 g/mol. The number of nitrogens with zero attached hydrogens (tertiary/aromatic N) is 5. The van der Waals surface area contributed by atoms with Crippen LogP contribution in [0.25, 0.3) is 54.8 Å². The molecule has 0 amide bonds. The first-order valence-corrected chi connectivity index (χ1v) is 23.7. The minimum atomic E-state index is -3.18. The van der Waals surface area contributed by atoms with Crippen molar-refractivity contribution in [3.05, 3.63) is 236 Å². The molecule has 5 nitrogen and oxygen atoms in total. The van der Waals surface area contributed by atoms with Gasteiger partial charge in [0, 0.05) is 51.5 Å². The van der Waals surface area contributed by atoms with Crippen LogP contribution in [0, 0.1) is 0 Å². The molecule has 0 saturated heterocycles. The molecule has 0 aliphatic carbocycles. The zero-order valence-electron chi connectivity index (χ0n) is 34.6. The van der Waals surface area contributed by atoms with E-state index in [0.29, 0.717) is 11.1 Å². The first-order chi connectivity index (χ1) is 31.7. The Bertz CT molecular complexity index is 3720. The van der Waals surface area contributed by atoms with Gasteiger partial charge in [0.15, 0.2) is 14.2 Å². The summed E-state index contributed by atoms with van der Waals surface area (Å²) in [6.07, 6.45) is 4.22. The number of halogens is 1. The van der Waals surface area contributed by atoms with E-state index in [1.807, 2.05) is 55.0 Å². The number of imidazole rings is 1. The van der Waals surface area contributed by atoms with E-state index in [1.54, 1.807) is 0 Å². The number of benzene rings is 8. The molecule has 0 saturated carbocycles. The fraction of sp³-hybridized carbons (Fsp3) is 0.0175. The van der Waals surface area contributed by atoms with E-state index in [4.69, 9.17) is 9.97 Å². The molecule has 0 bridgehead atoms. The highest BCUT2D eigenvalue weighted by Crippen LogP contribution is 2.46. The molecule has 13 rings (SSSR count). The van der Waals surface area contributed by atoms with E-state index >= 15 is 4.39 Å². The number of rotatable bonds is 6. The van der Waals surface area contributed by atoms with Gasteiger partial charge in [0.1, 0.15) is 11.5 Å². The number of alkyl halides is 1. The average Bonchev–Trinajstić information content (AvgIpc) is 4.01. The van der Waals surface area contributed by atoms with Crippen LogP contribution in [-0.2, 0) is 0 Å².